The number of rotatable bonds is 3. The molecule has 0 N–H and O–H groups in total. The zero-order chi connectivity index (χ0) is 14.1. The lowest BCUT2D eigenvalue weighted by Crippen LogP contribution is -2.20. The molecule has 102 valence electrons. The van der Waals surface area contributed by atoms with Crippen molar-refractivity contribution in [2.75, 3.05) is 11.9 Å². The minimum Gasteiger partial charge on any atom is -0.355 e. The SMILES string of the molecule is Cc1cc(N(C)Cc2ccccc2Br)n2ncnc2n1. The van der Waals surface area contributed by atoms with E-state index in [9.17, 15) is 0 Å². The first-order chi connectivity index (χ1) is 9.65. The highest BCUT2D eigenvalue weighted by Crippen LogP contribution is 2.21. The molecular formula is C14H14BrN5. The average molecular weight is 332 g/mol. The Hall–Kier alpha value is -1.95. The Bertz CT molecular complexity index is 752. The second-order valence-corrected chi connectivity index (χ2v) is 5.53. The summed E-state index contributed by atoms with van der Waals surface area (Å²) in [5.74, 6) is 1.60. The maximum atomic E-state index is 4.36. The molecule has 1 aromatic carbocycles. The van der Waals surface area contributed by atoms with Gasteiger partial charge < -0.3 is 4.90 Å². The van der Waals surface area contributed by atoms with Crippen molar-refractivity contribution in [3.8, 4) is 0 Å². The summed E-state index contributed by atoms with van der Waals surface area (Å²) in [7, 11) is 2.04. The van der Waals surface area contributed by atoms with E-state index in [0.717, 1.165) is 22.5 Å². The van der Waals surface area contributed by atoms with Crippen LogP contribution < -0.4 is 4.90 Å². The van der Waals surface area contributed by atoms with Gasteiger partial charge in [-0.2, -0.15) is 14.6 Å². The van der Waals surface area contributed by atoms with E-state index in [-0.39, 0.29) is 0 Å². The fourth-order valence-corrected chi connectivity index (χ4v) is 2.56. The maximum absolute atomic E-state index is 4.36. The van der Waals surface area contributed by atoms with Crippen LogP contribution in [0.4, 0.5) is 5.82 Å². The van der Waals surface area contributed by atoms with Crippen molar-refractivity contribution in [3.05, 3.63) is 52.4 Å². The number of hydrogen-bond acceptors (Lipinski definition) is 4. The fourth-order valence-electron chi connectivity index (χ4n) is 2.15. The fraction of sp³-hybridized carbons (Fsp3) is 0.214. The number of aromatic nitrogens is 4. The molecule has 0 radical (unpaired) electrons. The Morgan fingerprint density at radius 3 is 2.90 bits per heavy atom. The molecule has 0 bridgehead atoms. The van der Waals surface area contributed by atoms with Crippen molar-refractivity contribution in [1.82, 2.24) is 19.6 Å². The number of fused-ring (bicyclic) bond motifs is 1. The number of benzene rings is 1. The van der Waals surface area contributed by atoms with Crippen molar-refractivity contribution >= 4 is 27.5 Å². The van der Waals surface area contributed by atoms with E-state index >= 15 is 0 Å². The molecule has 0 amide bonds. The van der Waals surface area contributed by atoms with Gasteiger partial charge in [-0.1, -0.05) is 34.1 Å². The predicted octanol–water partition coefficient (Wildman–Crippen LogP) is 2.83. The van der Waals surface area contributed by atoms with Gasteiger partial charge in [0, 0.05) is 29.8 Å². The highest BCUT2D eigenvalue weighted by molar-refractivity contribution is 9.10. The first-order valence-corrected chi connectivity index (χ1v) is 7.06. The van der Waals surface area contributed by atoms with Crippen molar-refractivity contribution < 1.29 is 0 Å². The standard InChI is InChI=1S/C14H14BrN5/c1-10-7-13(20-14(18-10)16-9-17-20)19(2)8-11-5-3-4-6-12(11)15/h3-7,9H,8H2,1-2H3. The van der Waals surface area contributed by atoms with Gasteiger partial charge in [0.05, 0.1) is 0 Å². The quantitative estimate of drug-likeness (QED) is 0.740. The minimum atomic E-state index is 0.624. The zero-order valence-electron chi connectivity index (χ0n) is 11.3. The lowest BCUT2D eigenvalue weighted by atomic mass is 10.2. The number of halogens is 1. The van der Waals surface area contributed by atoms with Crippen LogP contribution in [0.2, 0.25) is 0 Å². The summed E-state index contributed by atoms with van der Waals surface area (Å²) < 4.78 is 2.86. The van der Waals surface area contributed by atoms with Gasteiger partial charge in [-0.25, -0.2) is 4.98 Å². The molecular weight excluding hydrogens is 318 g/mol. The third kappa shape index (κ3) is 2.38. The Morgan fingerprint density at radius 1 is 1.30 bits per heavy atom. The highest BCUT2D eigenvalue weighted by Gasteiger charge is 2.11. The van der Waals surface area contributed by atoms with Gasteiger partial charge in [0.2, 0.25) is 0 Å². The van der Waals surface area contributed by atoms with Crippen LogP contribution >= 0.6 is 15.9 Å². The third-order valence-electron chi connectivity index (χ3n) is 3.12. The molecule has 5 nitrogen and oxygen atoms in total. The van der Waals surface area contributed by atoms with Crippen LogP contribution in [0.1, 0.15) is 11.3 Å². The summed E-state index contributed by atoms with van der Waals surface area (Å²) in [6.07, 6.45) is 1.53. The van der Waals surface area contributed by atoms with E-state index in [2.05, 4.69) is 42.0 Å². The smallest absolute Gasteiger partial charge is 0.254 e. The zero-order valence-corrected chi connectivity index (χ0v) is 12.9. The van der Waals surface area contributed by atoms with E-state index in [1.807, 2.05) is 38.2 Å². The van der Waals surface area contributed by atoms with Crippen LogP contribution in [0.25, 0.3) is 5.78 Å². The van der Waals surface area contributed by atoms with Crippen molar-refractivity contribution in [2.24, 2.45) is 0 Å². The summed E-state index contributed by atoms with van der Waals surface area (Å²) in [4.78, 5) is 10.6. The largest absolute Gasteiger partial charge is 0.355 e. The van der Waals surface area contributed by atoms with E-state index in [0.29, 0.717) is 5.78 Å². The Morgan fingerprint density at radius 2 is 2.10 bits per heavy atom. The van der Waals surface area contributed by atoms with Gasteiger partial charge in [0.1, 0.15) is 12.1 Å². The molecule has 20 heavy (non-hydrogen) atoms. The number of aryl methyl sites for hydroxylation is 1. The lowest BCUT2D eigenvalue weighted by molar-refractivity contribution is 0.826. The van der Waals surface area contributed by atoms with Crippen LogP contribution in [-0.4, -0.2) is 26.6 Å². The molecule has 3 aromatic rings. The van der Waals surface area contributed by atoms with E-state index < -0.39 is 0 Å². The molecule has 0 aliphatic heterocycles. The first-order valence-electron chi connectivity index (χ1n) is 6.27. The summed E-state index contributed by atoms with van der Waals surface area (Å²) in [6, 6.07) is 10.2. The van der Waals surface area contributed by atoms with Crippen LogP contribution in [0.3, 0.4) is 0 Å². The van der Waals surface area contributed by atoms with Crippen LogP contribution in [0, 0.1) is 6.92 Å². The third-order valence-corrected chi connectivity index (χ3v) is 3.89. The highest BCUT2D eigenvalue weighted by atomic mass is 79.9. The molecule has 0 saturated carbocycles. The number of anilines is 1. The van der Waals surface area contributed by atoms with Gasteiger partial charge in [-0.3, -0.25) is 0 Å². The average Bonchev–Trinajstić information content (AvgIpc) is 2.88. The molecule has 0 aliphatic carbocycles. The normalized spacial score (nSPS) is 10.9. The van der Waals surface area contributed by atoms with Gasteiger partial charge in [0.25, 0.3) is 5.78 Å². The summed E-state index contributed by atoms with van der Waals surface area (Å²) in [6.45, 7) is 2.74. The van der Waals surface area contributed by atoms with E-state index in [1.54, 1.807) is 4.52 Å². The van der Waals surface area contributed by atoms with E-state index in [4.69, 9.17) is 0 Å². The number of nitrogens with zero attached hydrogens (tertiary/aromatic N) is 5. The van der Waals surface area contributed by atoms with Gasteiger partial charge in [-0.15, -0.1) is 0 Å². The molecule has 0 spiro atoms. The molecule has 2 aromatic heterocycles. The predicted molar refractivity (Wildman–Crippen MR) is 81.8 cm³/mol. The molecule has 0 atom stereocenters. The van der Waals surface area contributed by atoms with E-state index in [1.165, 1.54) is 11.9 Å². The molecule has 3 rings (SSSR count). The molecule has 6 heteroatoms. The summed E-state index contributed by atoms with van der Waals surface area (Å²) >= 11 is 3.58. The topological polar surface area (TPSA) is 46.3 Å². The summed E-state index contributed by atoms with van der Waals surface area (Å²) in [5, 5.41) is 4.23. The molecule has 0 unspecified atom stereocenters. The monoisotopic (exact) mass is 331 g/mol. The van der Waals surface area contributed by atoms with Crippen molar-refractivity contribution in [3.63, 3.8) is 0 Å². The minimum absolute atomic E-state index is 0.624. The van der Waals surface area contributed by atoms with Crippen LogP contribution in [0.5, 0.6) is 0 Å². The Balaban J connectivity index is 1.98. The molecule has 0 aliphatic rings. The molecule has 2 heterocycles. The van der Waals surface area contributed by atoms with Gasteiger partial charge >= 0.3 is 0 Å². The first kappa shape index (κ1) is 13.1. The molecule has 0 fully saturated rings. The second kappa shape index (κ2) is 5.20. The maximum Gasteiger partial charge on any atom is 0.254 e. The molecule has 0 saturated heterocycles. The Labute approximate surface area is 125 Å². The lowest BCUT2D eigenvalue weighted by Gasteiger charge is -2.20. The van der Waals surface area contributed by atoms with Gasteiger partial charge in [0.15, 0.2) is 0 Å². The summed E-state index contributed by atoms with van der Waals surface area (Å²) in [5.41, 5.74) is 2.15. The second-order valence-electron chi connectivity index (χ2n) is 4.68. The number of hydrogen-bond donors (Lipinski definition) is 0. The Kier molecular flexibility index (Phi) is 3.40. The van der Waals surface area contributed by atoms with Crippen LogP contribution in [0.15, 0.2) is 41.1 Å². The van der Waals surface area contributed by atoms with Crippen molar-refractivity contribution in [1.29, 1.82) is 0 Å². The van der Waals surface area contributed by atoms with Gasteiger partial charge in [-0.05, 0) is 18.6 Å². The van der Waals surface area contributed by atoms with Crippen molar-refractivity contribution in [2.45, 2.75) is 13.5 Å². The van der Waals surface area contributed by atoms with Crippen LogP contribution in [-0.2, 0) is 6.54 Å².